The molecule has 0 bridgehead atoms. The van der Waals surface area contributed by atoms with Crippen molar-refractivity contribution in [3.05, 3.63) is 75.0 Å². The highest BCUT2D eigenvalue weighted by Crippen LogP contribution is 2.28. The van der Waals surface area contributed by atoms with Gasteiger partial charge in [0.15, 0.2) is 5.16 Å². The lowest BCUT2D eigenvalue weighted by atomic mass is 9.86. The van der Waals surface area contributed by atoms with Gasteiger partial charge in [-0.05, 0) is 30.0 Å². The standard InChI is InChI=1S/C24H23ClN4O2S/c1-14(21(30)27-19-8-6-5-7-18(19)25)32-23-28-20(17(13-26)22(31)29-23)15-9-11-16(12-10-15)24(2,3)4/h5-12,14H,1-4H3,(H,27,30)(H,28,29,31). The molecule has 6 nitrogen and oxygen atoms in total. The predicted octanol–water partition coefficient (Wildman–Crippen LogP) is 5.38. The number of anilines is 1. The van der Waals surface area contributed by atoms with Crippen LogP contribution in [-0.2, 0) is 10.2 Å². The molecule has 3 rings (SSSR count). The van der Waals surface area contributed by atoms with Crippen molar-refractivity contribution in [2.24, 2.45) is 0 Å². The predicted molar refractivity (Wildman–Crippen MR) is 129 cm³/mol. The Labute approximate surface area is 196 Å². The average Bonchev–Trinajstić information content (AvgIpc) is 2.74. The van der Waals surface area contributed by atoms with Crippen molar-refractivity contribution >= 4 is 35.0 Å². The van der Waals surface area contributed by atoms with Gasteiger partial charge in [-0.25, -0.2) is 4.98 Å². The van der Waals surface area contributed by atoms with Crippen molar-refractivity contribution in [3.8, 4) is 17.3 Å². The van der Waals surface area contributed by atoms with Crippen LogP contribution < -0.4 is 10.9 Å². The summed E-state index contributed by atoms with van der Waals surface area (Å²) < 4.78 is 0. The number of benzene rings is 2. The molecule has 0 saturated heterocycles. The number of carbonyl (C=O) groups is 1. The van der Waals surface area contributed by atoms with E-state index in [0.29, 0.717) is 16.3 Å². The Morgan fingerprint density at radius 3 is 2.44 bits per heavy atom. The Bertz CT molecular complexity index is 1240. The third-order valence-corrected chi connectivity index (χ3v) is 6.14. The van der Waals surface area contributed by atoms with E-state index in [1.807, 2.05) is 30.3 Å². The number of hydrogen-bond donors (Lipinski definition) is 2. The first-order valence-corrected chi connectivity index (χ1v) is 11.2. The van der Waals surface area contributed by atoms with E-state index in [-0.39, 0.29) is 27.7 Å². The number of hydrogen-bond acceptors (Lipinski definition) is 5. The summed E-state index contributed by atoms with van der Waals surface area (Å²) in [6.07, 6.45) is 0. The Balaban J connectivity index is 1.88. The minimum absolute atomic E-state index is 0.0242. The van der Waals surface area contributed by atoms with Gasteiger partial charge in [-0.3, -0.25) is 9.59 Å². The van der Waals surface area contributed by atoms with E-state index in [9.17, 15) is 14.9 Å². The fourth-order valence-corrected chi connectivity index (χ4v) is 3.95. The van der Waals surface area contributed by atoms with Gasteiger partial charge in [0.25, 0.3) is 5.56 Å². The lowest BCUT2D eigenvalue weighted by molar-refractivity contribution is -0.115. The van der Waals surface area contributed by atoms with Gasteiger partial charge in [-0.1, -0.05) is 80.5 Å². The fourth-order valence-electron chi connectivity index (χ4n) is 2.97. The van der Waals surface area contributed by atoms with Gasteiger partial charge < -0.3 is 10.3 Å². The zero-order valence-corrected chi connectivity index (χ0v) is 19.8. The second-order valence-electron chi connectivity index (χ2n) is 8.26. The van der Waals surface area contributed by atoms with E-state index in [4.69, 9.17) is 11.6 Å². The topological polar surface area (TPSA) is 98.6 Å². The Hall–Kier alpha value is -3.08. The summed E-state index contributed by atoms with van der Waals surface area (Å²) in [5, 5.41) is 12.4. The Morgan fingerprint density at radius 1 is 1.19 bits per heavy atom. The van der Waals surface area contributed by atoms with Gasteiger partial charge in [0.05, 0.1) is 21.7 Å². The van der Waals surface area contributed by atoms with E-state index >= 15 is 0 Å². The molecule has 164 valence electrons. The number of nitriles is 1. The van der Waals surface area contributed by atoms with Crippen LogP contribution in [-0.4, -0.2) is 21.1 Å². The molecule has 0 saturated carbocycles. The van der Waals surface area contributed by atoms with Crippen molar-refractivity contribution in [1.82, 2.24) is 9.97 Å². The van der Waals surface area contributed by atoms with Crippen LogP contribution in [0.5, 0.6) is 0 Å². The number of halogens is 1. The molecule has 0 aliphatic carbocycles. The summed E-state index contributed by atoms with van der Waals surface area (Å²) in [7, 11) is 0. The van der Waals surface area contributed by atoms with Crippen molar-refractivity contribution in [2.45, 2.75) is 43.5 Å². The maximum absolute atomic E-state index is 12.6. The quantitative estimate of drug-likeness (QED) is 0.388. The number of nitrogens with zero attached hydrogens (tertiary/aromatic N) is 2. The highest BCUT2D eigenvalue weighted by atomic mass is 35.5. The van der Waals surface area contributed by atoms with Crippen LogP contribution in [0.15, 0.2) is 58.5 Å². The number of H-pyrrole nitrogens is 1. The molecule has 0 spiro atoms. The second kappa shape index (κ2) is 9.60. The summed E-state index contributed by atoms with van der Waals surface area (Å²) in [5.74, 6) is -0.286. The number of amides is 1. The molecule has 1 heterocycles. The minimum atomic E-state index is -0.571. The summed E-state index contributed by atoms with van der Waals surface area (Å²) in [6.45, 7) is 8.03. The van der Waals surface area contributed by atoms with Crippen LogP contribution in [0.3, 0.4) is 0 Å². The molecule has 0 radical (unpaired) electrons. The zero-order valence-electron chi connectivity index (χ0n) is 18.2. The summed E-state index contributed by atoms with van der Waals surface area (Å²) >= 11 is 7.20. The van der Waals surface area contributed by atoms with E-state index in [2.05, 4.69) is 36.1 Å². The monoisotopic (exact) mass is 466 g/mol. The van der Waals surface area contributed by atoms with Crippen molar-refractivity contribution < 1.29 is 4.79 Å². The lowest BCUT2D eigenvalue weighted by Crippen LogP contribution is -2.24. The van der Waals surface area contributed by atoms with E-state index in [0.717, 1.165) is 17.3 Å². The van der Waals surface area contributed by atoms with E-state index in [1.54, 1.807) is 31.2 Å². The van der Waals surface area contributed by atoms with Crippen molar-refractivity contribution in [3.63, 3.8) is 0 Å². The molecule has 1 atom stereocenters. The third-order valence-electron chi connectivity index (χ3n) is 4.82. The molecule has 0 aliphatic heterocycles. The molecular weight excluding hydrogens is 444 g/mol. The van der Waals surface area contributed by atoms with Crippen LogP contribution in [0.25, 0.3) is 11.3 Å². The van der Waals surface area contributed by atoms with Gasteiger partial charge in [0, 0.05) is 5.56 Å². The molecule has 3 aromatic rings. The maximum atomic E-state index is 12.6. The number of thioether (sulfide) groups is 1. The van der Waals surface area contributed by atoms with Crippen LogP contribution in [0.2, 0.25) is 5.02 Å². The SMILES string of the molecule is CC(Sc1nc(-c2ccc(C(C)(C)C)cc2)c(C#N)c(=O)[nH]1)C(=O)Nc1ccccc1Cl. The Morgan fingerprint density at radius 2 is 1.84 bits per heavy atom. The number of aromatic nitrogens is 2. The summed E-state index contributed by atoms with van der Waals surface area (Å²) in [4.78, 5) is 32.2. The fraction of sp³-hybridized carbons (Fsp3) is 0.250. The molecule has 2 aromatic carbocycles. The molecule has 8 heteroatoms. The molecule has 0 fully saturated rings. The maximum Gasteiger partial charge on any atom is 0.270 e. The molecule has 1 aromatic heterocycles. The van der Waals surface area contributed by atoms with Crippen LogP contribution in [0, 0.1) is 11.3 Å². The minimum Gasteiger partial charge on any atom is -0.324 e. The third kappa shape index (κ3) is 5.39. The van der Waals surface area contributed by atoms with E-state index in [1.165, 1.54) is 0 Å². The first-order chi connectivity index (χ1) is 15.1. The van der Waals surface area contributed by atoms with Crippen molar-refractivity contribution in [1.29, 1.82) is 5.26 Å². The molecule has 0 aliphatic rings. The number of nitrogens with one attached hydrogen (secondary N) is 2. The van der Waals surface area contributed by atoms with Gasteiger partial charge in [-0.15, -0.1) is 0 Å². The first kappa shape index (κ1) is 23.6. The summed E-state index contributed by atoms with van der Waals surface area (Å²) in [6, 6.07) is 16.5. The first-order valence-electron chi connectivity index (χ1n) is 9.97. The highest BCUT2D eigenvalue weighted by molar-refractivity contribution is 8.00. The zero-order chi connectivity index (χ0) is 23.5. The molecular formula is C24H23ClN4O2S. The highest BCUT2D eigenvalue weighted by Gasteiger charge is 2.20. The van der Waals surface area contributed by atoms with Crippen LogP contribution in [0.1, 0.15) is 38.8 Å². The molecule has 32 heavy (non-hydrogen) atoms. The van der Waals surface area contributed by atoms with E-state index < -0.39 is 10.8 Å². The number of carbonyl (C=O) groups excluding carboxylic acids is 1. The average molecular weight is 467 g/mol. The van der Waals surface area contributed by atoms with Gasteiger partial charge in [0.2, 0.25) is 5.91 Å². The lowest BCUT2D eigenvalue weighted by Gasteiger charge is -2.19. The Kier molecular flexibility index (Phi) is 7.07. The van der Waals surface area contributed by atoms with Gasteiger partial charge in [0.1, 0.15) is 11.6 Å². The summed E-state index contributed by atoms with van der Waals surface area (Å²) in [5.41, 5.74) is 1.96. The second-order valence-corrected chi connectivity index (χ2v) is 10.00. The molecule has 1 amide bonds. The normalized spacial score (nSPS) is 12.1. The largest absolute Gasteiger partial charge is 0.324 e. The molecule has 2 N–H and O–H groups in total. The number of para-hydroxylation sites is 1. The van der Waals surface area contributed by atoms with Crippen molar-refractivity contribution in [2.75, 3.05) is 5.32 Å². The number of aromatic amines is 1. The number of rotatable bonds is 5. The van der Waals surface area contributed by atoms with Crippen LogP contribution in [0.4, 0.5) is 5.69 Å². The smallest absolute Gasteiger partial charge is 0.270 e. The van der Waals surface area contributed by atoms with Gasteiger partial charge >= 0.3 is 0 Å². The van der Waals surface area contributed by atoms with Gasteiger partial charge in [-0.2, -0.15) is 5.26 Å². The molecule has 1 unspecified atom stereocenters. The van der Waals surface area contributed by atoms with Crippen LogP contribution >= 0.6 is 23.4 Å².